The Morgan fingerprint density at radius 2 is 2.20 bits per heavy atom. The first-order valence-corrected chi connectivity index (χ1v) is 7.12. The van der Waals surface area contributed by atoms with Gasteiger partial charge in [0, 0.05) is 30.8 Å². The van der Waals surface area contributed by atoms with Crippen molar-refractivity contribution in [1.29, 1.82) is 0 Å². The molecular weight excluding hydrogens is 278 g/mol. The van der Waals surface area contributed by atoms with E-state index in [2.05, 4.69) is 0 Å². The molecule has 1 fully saturated rings. The van der Waals surface area contributed by atoms with E-state index in [1.54, 1.807) is 29.2 Å². The van der Waals surface area contributed by atoms with Crippen LogP contribution < -0.4 is 4.90 Å². The quantitative estimate of drug-likeness (QED) is 0.914. The Morgan fingerprint density at radius 1 is 1.45 bits per heavy atom. The summed E-state index contributed by atoms with van der Waals surface area (Å²) in [6, 6.07) is 6.96. The standard InChI is InChI=1S/C14H15NO4S/c1-9(16)20-12-7-13(17)15(8-12)11-4-2-3-10(5-11)6-14(18)19/h2-5,12H,6-8H2,1H3,(H,18,19). The van der Waals surface area contributed by atoms with Crippen molar-refractivity contribution in [2.75, 3.05) is 11.4 Å². The van der Waals surface area contributed by atoms with E-state index in [1.165, 1.54) is 18.7 Å². The monoisotopic (exact) mass is 293 g/mol. The van der Waals surface area contributed by atoms with Gasteiger partial charge in [-0.3, -0.25) is 14.4 Å². The number of aliphatic carboxylic acids is 1. The highest BCUT2D eigenvalue weighted by Crippen LogP contribution is 2.29. The highest BCUT2D eigenvalue weighted by molar-refractivity contribution is 8.14. The number of hydrogen-bond acceptors (Lipinski definition) is 4. The van der Waals surface area contributed by atoms with E-state index in [4.69, 9.17) is 5.11 Å². The van der Waals surface area contributed by atoms with Gasteiger partial charge in [0.05, 0.1) is 6.42 Å². The van der Waals surface area contributed by atoms with Gasteiger partial charge in [-0.1, -0.05) is 23.9 Å². The molecule has 1 atom stereocenters. The second kappa shape index (κ2) is 6.09. The molecular formula is C14H15NO4S. The molecule has 1 aromatic rings. The maximum Gasteiger partial charge on any atom is 0.307 e. The number of carboxylic acids is 1. The van der Waals surface area contributed by atoms with Crippen LogP contribution in [-0.4, -0.2) is 33.9 Å². The molecule has 106 valence electrons. The van der Waals surface area contributed by atoms with Crippen LogP contribution >= 0.6 is 11.8 Å². The van der Waals surface area contributed by atoms with Gasteiger partial charge in [-0.2, -0.15) is 0 Å². The van der Waals surface area contributed by atoms with Crippen molar-refractivity contribution in [2.24, 2.45) is 0 Å². The predicted molar refractivity (Wildman–Crippen MR) is 76.8 cm³/mol. The van der Waals surface area contributed by atoms with E-state index in [0.29, 0.717) is 24.2 Å². The third kappa shape index (κ3) is 3.60. The fourth-order valence-electron chi connectivity index (χ4n) is 2.25. The first kappa shape index (κ1) is 14.6. The zero-order valence-corrected chi connectivity index (χ0v) is 11.9. The van der Waals surface area contributed by atoms with Gasteiger partial charge in [0.25, 0.3) is 0 Å². The fourth-order valence-corrected chi connectivity index (χ4v) is 3.17. The summed E-state index contributed by atoms with van der Waals surface area (Å²) in [6.07, 6.45) is 0.273. The Balaban J connectivity index is 2.13. The summed E-state index contributed by atoms with van der Waals surface area (Å²) in [7, 11) is 0. The molecule has 1 N–H and O–H groups in total. The minimum atomic E-state index is -0.903. The molecule has 0 radical (unpaired) electrons. The molecule has 0 aromatic heterocycles. The molecule has 20 heavy (non-hydrogen) atoms. The molecule has 0 bridgehead atoms. The Labute approximate surface area is 121 Å². The van der Waals surface area contributed by atoms with E-state index in [1.807, 2.05) is 0 Å². The van der Waals surface area contributed by atoms with Gasteiger partial charge in [0.15, 0.2) is 5.12 Å². The van der Waals surface area contributed by atoms with Crippen molar-refractivity contribution in [2.45, 2.75) is 25.0 Å². The number of carbonyl (C=O) groups is 3. The minimum absolute atomic E-state index is 0.00396. The van der Waals surface area contributed by atoms with Crippen LogP contribution in [0.1, 0.15) is 18.9 Å². The van der Waals surface area contributed by atoms with Crippen molar-refractivity contribution >= 4 is 34.4 Å². The van der Waals surface area contributed by atoms with E-state index in [0.717, 1.165) is 0 Å². The first-order valence-electron chi connectivity index (χ1n) is 6.24. The number of carboxylic acid groups (broad SMARTS) is 1. The molecule has 1 aromatic carbocycles. The predicted octanol–water partition coefficient (Wildman–Crippen LogP) is 1.70. The summed E-state index contributed by atoms with van der Waals surface area (Å²) in [5.74, 6) is -0.934. The van der Waals surface area contributed by atoms with Crippen molar-refractivity contribution in [3.8, 4) is 0 Å². The van der Waals surface area contributed by atoms with Gasteiger partial charge in [-0.05, 0) is 17.7 Å². The van der Waals surface area contributed by atoms with Gasteiger partial charge >= 0.3 is 5.97 Å². The van der Waals surface area contributed by atoms with Crippen LogP contribution in [0.4, 0.5) is 5.69 Å². The maximum atomic E-state index is 12.0. The lowest BCUT2D eigenvalue weighted by Gasteiger charge is -2.17. The molecule has 6 heteroatoms. The van der Waals surface area contributed by atoms with Crippen molar-refractivity contribution in [1.82, 2.24) is 0 Å². The molecule has 1 amide bonds. The second-order valence-electron chi connectivity index (χ2n) is 4.68. The lowest BCUT2D eigenvalue weighted by Crippen LogP contribution is -2.25. The van der Waals surface area contributed by atoms with Crippen LogP contribution in [-0.2, 0) is 20.8 Å². The summed E-state index contributed by atoms with van der Waals surface area (Å²) >= 11 is 1.18. The van der Waals surface area contributed by atoms with Crippen molar-refractivity contribution < 1.29 is 19.5 Å². The molecule has 0 spiro atoms. The molecule has 1 aliphatic rings. The Kier molecular flexibility index (Phi) is 4.44. The van der Waals surface area contributed by atoms with Crippen molar-refractivity contribution in [3.05, 3.63) is 29.8 Å². The first-order chi connectivity index (χ1) is 9.45. The third-order valence-electron chi connectivity index (χ3n) is 3.00. The summed E-state index contributed by atoms with van der Waals surface area (Å²) in [5.41, 5.74) is 1.35. The molecule has 5 nitrogen and oxygen atoms in total. The number of benzene rings is 1. The molecule has 1 saturated heterocycles. The maximum absolute atomic E-state index is 12.0. The lowest BCUT2D eigenvalue weighted by atomic mass is 10.1. The van der Waals surface area contributed by atoms with Gasteiger partial charge in [-0.25, -0.2) is 0 Å². The molecule has 1 unspecified atom stereocenters. The van der Waals surface area contributed by atoms with Crippen LogP contribution in [0.25, 0.3) is 0 Å². The molecule has 0 saturated carbocycles. The number of thioether (sulfide) groups is 1. The zero-order valence-electron chi connectivity index (χ0n) is 11.0. The van der Waals surface area contributed by atoms with E-state index in [-0.39, 0.29) is 22.7 Å². The third-order valence-corrected chi connectivity index (χ3v) is 3.98. The van der Waals surface area contributed by atoms with Crippen molar-refractivity contribution in [3.63, 3.8) is 0 Å². The van der Waals surface area contributed by atoms with E-state index < -0.39 is 5.97 Å². The van der Waals surface area contributed by atoms with Gasteiger partial charge in [0.2, 0.25) is 5.91 Å². The average Bonchev–Trinajstić information content (AvgIpc) is 2.68. The van der Waals surface area contributed by atoms with E-state index in [9.17, 15) is 14.4 Å². The van der Waals surface area contributed by atoms with E-state index >= 15 is 0 Å². The molecule has 2 rings (SSSR count). The van der Waals surface area contributed by atoms with Crippen LogP contribution in [0.3, 0.4) is 0 Å². The summed E-state index contributed by atoms with van der Waals surface area (Å²) in [5, 5.41) is 8.77. The fraction of sp³-hybridized carbons (Fsp3) is 0.357. The average molecular weight is 293 g/mol. The van der Waals surface area contributed by atoms with Crippen LogP contribution in [0.2, 0.25) is 0 Å². The Morgan fingerprint density at radius 3 is 2.85 bits per heavy atom. The highest BCUT2D eigenvalue weighted by atomic mass is 32.2. The number of nitrogens with zero attached hydrogens (tertiary/aromatic N) is 1. The number of amides is 1. The van der Waals surface area contributed by atoms with Crippen LogP contribution in [0, 0.1) is 0 Å². The van der Waals surface area contributed by atoms with Gasteiger partial charge in [0.1, 0.15) is 0 Å². The zero-order chi connectivity index (χ0) is 14.7. The lowest BCUT2D eigenvalue weighted by molar-refractivity contribution is -0.136. The van der Waals surface area contributed by atoms with Gasteiger partial charge in [-0.15, -0.1) is 0 Å². The molecule has 0 aliphatic carbocycles. The van der Waals surface area contributed by atoms with Crippen LogP contribution in [0.5, 0.6) is 0 Å². The number of hydrogen-bond donors (Lipinski definition) is 1. The number of rotatable bonds is 4. The minimum Gasteiger partial charge on any atom is -0.481 e. The topological polar surface area (TPSA) is 74.7 Å². The molecule has 1 heterocycles. The largest absolute Gasteiger partial charge is 0.481 e. The van der Waals surface area contributed by atoms with Gasteiger partial charge < -0.3 is 10.0 Å². The summed E-state index contributed by atoms with van der Waals surface area (Å²) in [6.45, 7) is 1.98. The normalized spacial score (nSPS) is 18.4. The highest BCUT2D eigenvalue weighted by Gasteiger charge is 2.31. The molecule has 1 aliphatic heterocycles. The Hall–Kier alpha value is -1.82. The number of anilines is 1. The van der Waals surface area contributed by atoms with Crippen LogP contribution in [0.15, 0.2) is 24.3 Å². The SMILES string of the molecule is CC(=O)SC1CC(=O)N(c2cccc(CC(=O)O)c2)C1. The summed E-state index contributed by atoms with van der Waals surface area (Å²) in [4.78, 5) is 35.4. The smallest absolute Gasteiger partial charge is 0.307 e. The Bertz CT molecular complexity index is 558. The second-order valence-corrected chi connectivity index (χ2v) is 6.16. The summed E-state index contributed by atoms with van der Waals surface area (Å²) < 4.78 is 0. The number of carbonyl (C=O) groups excluding carboxylic acids is 2.